The molecule has 110 valence electrons. The maximum atomic E-state index is 5.67. The van der Waals surface area contributed by atoms with Crippen molar-refractivity contribution >= 4 is 17.3 Å². The van der Waals surface area contributed by atoms with Crippen molar-refractivity contribution in [3.05, 3.63) is 60.8 Å². The predicted octanol–water partition coefficient (Wildman–Crippen LogP) is 3.48. The first-order valence-corrected chi connectivity index (χ1v) is 6.84. The molecular formula is C17H16N4O. The molecule has 0 radical (unpaired) electrons. The normalized spacial score (nSPS) is 10.2. The molecule has 3 rings (SSSR count). The molecule has 22 heavy (non-hydrogen) atoms. The number of ether oxygens (including phenoxy) is 1. The van der Waals surface area contributed by atoms with Gasteiger partial charge in [0.25, 0.3) is 0 Å². The zero-order valence-corrected chi connectivity index (χ0v) is 12.2. The number of anilines is 3. The molecule has 1 heterocycles. The van der Waals surface area contributed by atoms with Gasteiger partial charge in [0.15, 0.2) is 0 Å². The Kier molecular flexibility index (Phi) is 3.87. The van der Waals surface area contributed by atoms with E-state index in [1.165, 1.54) is 0 Å². The number of benzene rings is 2. The van der Waals surface area contributed by atoms with Gasteiger partial charge >= 0.3 is 0 Å². The van der Waals surface area contributed by atoms with Crippen LogP contribution >= 0.6 is 0 Å². The Labute approximate surface area is 128 Å². The molecule has 5 heteroatoms. The van der Waals surface area contributed by atoms with E-state index in [1.807, 2.05) is 54.6 Å². The highest BCUT2D eigenvalue weighted by atomic mass is 16.5. The quantitative estimate of drug-likeness (QED) is 0.720. The number of nitrogen functional groups attached to an aromatic ring is 1. The highest BCUT2D eigenvalue weighted by molar-refractivity contribution is 5.63. The lowest BCUT2D eigenvalue weighted by molar-refractivity contribution is 0.415. The van der Waals surface area contributed by atoms with Crippen LogP contribution in [0.15, 0.2) is 60.8 Å². The third-order valence-corrected chi connectivity index (χ3v) is 3.21. The minimum absolute atomic E-state index is 0.540. The highest BCUT2D eigenvalue weighted by Gasteiger charge is 2.03. The van der Waals surface area contributed by atoms with E-state index in [4.69, 9.17) is 10.5 Å². The van der Waals surface area contributed by atoms with Crippen LogP contribution in [0.3, 0.4) is 0 Å². The molecule has 1 aromatic heterocycles. The minimum atomic E-state index is 0.540. The summed E-state index contributed by atoms with van der Waals surface area (Å²) >= 11 is 0. The molecule has 3 aromatic rings. The van der Waals surface area contributed by atoms with Crippen molar-refractivity contribution in [1.82, 2.24) is 9.97 Å². The summed E-state index contributed by atoms with van der Waals surface area (Å²) in [6, 6.07) is 17.1. The number of nitrogens with one attached hydrogen (secondary N) is 1. The second kappa shape index (κ2) is 6.13. The molecule has 0 saturated heterocycles. The Morgan fingerprint density at radius 2 is 1.68 bits per heavy atom. The molecule has 0 bridgehead atoms. The average molecular weight is 292 g/mol. The first-order valence-electron chi connectivity index (χ1n) is 6.84. The zero-order chi connectivity index (χ0) is 15.4. The van der Waals surface area contributed by atoms with E-state index in [9.17, 15) is 0 Å². The van der Waals surface area contributed by atoms with Crippen molar-refractivity contribution in [1.29, 1.82) is 0 Å². The van der Waals surface area contributed by atoms with Gasteiger partial charge in [0, 0.05) is 23.1 Å². The van der Waals surface area contributed by atoms with Crippen molar-refractivity contribution in [3.63, 3.8) is 0 Å². The van der Waals surface area contributed by atoms with E-state index in [0.717, 1.165) is 28.4 Å². The SMILES string of the molecule is COc1ccc(-c2ccnc(Nc3ccc(N)cc3)n2)cc1. The van der Waals surface area contributed by atoms with Crippen LogP contribution in [-0.4, -0.2) is 17.1 Å². The molecule has 0 unspecified atom stereocenters. The molecule has 0 amide bonds. The van der Waals surface area contributed by atoms with Gasteiger partial charge in [-0.05, 0) is 54.6 Å². The molecule has 0 aliphatic rings. The van der Waals surface area contributed by atoms with Crippen molar-refractivity contribution in [2.75, 3.05) is 18.2 Å². The standard InChI is InChI=1S/C17H16N4O/c1-22-15-8-2-12(3-9-15)16-10-11-19-17(21-16)20-14-6-4-13(18)5-7-14/h2-11H,18H2,1H3,(H,19,20,21). The Hall–Kier alpha value is -3.08. The molecule has 0 atom stereocenters. The van der Waals surface area contributed by atoms with Crippen LogP contribution in [-0.2, 0) is 0 Å². The molecule has 5 nitrogen and oxygen atoms in total. The van der Waals surface area contributed by atoms with Gasteiger partial charge in [-0.15, -0.1) is 0 Å². The number of hydrogen-bond acceptors (Lipinski definition) is 5. The van der Waals surface area contributed by atoms with Gasteiger partial charge in [-0.1, -0.05) is 0 Å². The summed E-state index contributed by atoms with van der Waals surface area (Å²) in [5.41, 5.74) is 9.13. The smallest absolute Gasteiger partial charge is 0.227 e. The van der Waals surface area contributed by atoms with Gasteiger partial charge < -0.3 is 15.8 Å². The van der Waals surface area contributed by atoms with Crippen molar-refractivity contribution in [2.24, 2.45) is 0 Å². The van der Waals surface area contributed by atoms with Crippen LogP contribution in [0.2, 0.25) is 0 Å². The van der Waals surface area contributed by atoms with E-state index in [-0.39, 0.29) is 0 Å². The number of rotatable bonds is 4. The molecular weight excluding hydrogens is 276 g/mol. The molecule has 2 aromatic carbocycles. The number of nitrogens with zero attached hydrogens (tertiary/aromatic N) is 2. The molecule has 0 aliphatic carbocycles. The van der Waals surface area contributed by atoms with Gasteiger partial charge in [0.2, 0.25) is 5.95 Å². The Bertz CT molecular complexity index is 754. The van der Waals surface area contributed by atoms with Gasteiger partial charge in [-0.2, -0.15) is 0 Å². The second-order valence-electron chi connectivity index (χ2n) is 4.74. The van der Waals surface area contributed by atoms with Crippen molar-refractivity contribution in [3.8, 4) is 17.0 Å². The third-order valence-electron chi connectivity index (χ3n) is 3.21. The van der Waals surface area contributed by atoms with Gasteiger partial charge in [0.1, 0.15) is 5.75 Å². The van der Waals surface area contributed by atoms with Crippen LogP contribution in [0.5, 0.6) is 5.75 Å². The summed E-state index contributed by atoms with van der Waals surface area (Å²) in [6.07, 6.45) is 1.73. The lowest BCUT2D eigenvalue weighted by Crippen LogP contribution is -1.98. The Morgan fingerprint density at radius 3 is 2.36 bits per heavy atom. The maximum Gasteiger partial charge on any atom is 0.227 e. The molecule has 3 N–H and O–H groups in total. The van der Waals surface area contributed by atoms with E-state index in [2.05, 4.69) is 15.3 Å². The fourth-order valence-electron chi connectivity index (χ4n) is 2.04. The fourth-order valence-corrected chi connectivity index (χ4v) is 2.04. The van der Waals surface area contributed by atoms with Gasteiger partial charge in [0.05, 0.1) is 12.8 Å². The Balaban J connectivity index is 1.83. The largest absolute Gasteiger partial charge is 0.497 e. The zero-order valence-electron chi connectivity index (χ0n) is 12.2. The minimum Gasteiger partial charge on any atom is -0.497 e. The summed E-state index contributed by atoms with van der Waals surface area (Å²) < 4.78 is 5.16. The van der Waals surface area contributed by atoms with Gasteiger partial charge in [-0.3, -0.25) is 0 Å². The van der Waals surface area contributed by atoms with Crippen LogP contribution in [0, 0.1) is 0 Å². The Morgan fingerprint density at radius 1 is 0.955 bits per heavy atom. The summed E-state index contributed by atoms with van der Waals surface area (Å²) in [7, 11) is 1.65. The molecule has 0 fully saturated rings. The van der Waals surface area contributed by atoms with E-state index >= 15 is 0 Å². The molecule has 0 saturated carbocycles. The lowest BCUT2D eigenvalue weighted by atomic mass is 10.1. The van der Waals surface area contributed by atoms with Crippen molar-refractivity contribution < 1.29 is 4.74 Å². The maximum absolute atomic E-state index is 5.67. The number of aromatic nitrogens is 2. The first kappa shape index (κ1) is 13.9. The number of nitrogens with two attached hydrogens (primary N) is 1. The van der Waals surface area contributed by atoms with Gasteiger partial charge in [-0.25, -0.2) is 9.97 Å². The average Bonchev–Trinajstić information content (AvgIpc) is 2.57. The van der Waals surface area contributed by atoms with Crippen LogP contribution in [0.25, 0.3) is 11.3 Å². The van der Waals surface area contributed by atoms with E-state index in [1.54, 1.807) is 13.3 Å². The second-order valence-corrected chi connectivity index (χ2v) is 4.74. The number of hydrogen-bond donors (Lipinski definition) is 2. The first-order chi connectivity index (χ1) is 10.7. The van der Waals surface area contributed by atoms with Crippen LogP contribution < -0.4 is 15.8 Å². The van der Waals surface area contributed by atoms with Crippen LogP contribution in [0.4, 0.5) is 17.3 Å². The third kappa shape index (κ3) is 3.15. The topological polar surface area (TPSA) is 73.1 Å². The summed E-state index contributed by atoms with van der Waals surface area (Å²) in [4.78, 5) is 8.76. The molecule has 0 aliphatic heterocycles. The highest BCUT2D eigenvalue weighted by Crippen LogP contribution is 2.22. The fraction of sp³-hybridized carbons (Fsp3) is 0.0588. The van der Waals surface area contributed by atoms with E-state index in [0.29, 0.717) is 5.95 Å². The summed E-state index contributed by atoms with van der Waals surface area (Å²) in [5, 5.41) is 3.16. The lowest BCUT2D eigenvalue weighted by Gasteiger charge is -2.07. The van der Waals surface area contributed by atoms with Crippen molar-refractivity contribution in [2.45, 2.75) is 0 Å². The van der Waals surface area contributed by atoms with E-state index < -0.39 is 0 Å². The summed E-state index contributed by atoms with van der Waals surface area (Å²) in [5.74, 6) is 1.36. The predicted molar refractivity (Wildman–Crippen MR) is 88.2 cm³/mol. The number of methoxy groups -OCH3 is 1. The molecule has 0 spiro atoms. The summed E-state index contributed by atoms with van der Waals surface area (Å²) in [6.45, 7) is 0. The monoisotopic (exact) mass is 292 g/mol. The van der Waals surface area contributed by atoms with Crippen LogP contribution in [0.1, 0.15) is 0 Å².